The molecular formula is C14H10F3NO2. The van der Waals surface area contributed by atoms with Crippen LogP contribution < -0.4 is 0 Å². The highest BCUT2D eigenvalue weighted by Gasteiger charge is 2.31. The molecule has 20 heavy (non-hydrogen) atoms. The van der Waals surface area contributed by atoms with Gasteiger partial charge >= 0.3 is 12.1 Å². The summed E-state index contributed by atoms with van der Waals surface area (Å²) >= 11 is 0. The highest BCUT2D eigenvalue weighted by Crippen LogP contribution is 2.32. The Bertz CT molecular complexity index is 648. The Balaban J connectivity index is 2.47. The molecular weight excluding hydrogens is 271 g/mol. The molecule has 104 valence electrons. The van der Waals surface area contributed by atoms with Crippen molar-refractivity contribution in [2.45, 2.75) is 13.1 Å². The van der Waals surface area contributed by atoms with Gasteiger partial charge in [-0.1, -0.05) is 12.1 Å². The predicted molar refractivity (Wildman–Crippen MR) is 66.4 cm³/mol. The number of halogens is 3. The van der Waals surface area contributed by atoms with Gasteiger partial charge in [0.2, 0.25) is 0 Å². The fourth-order valence-electron chi connectivity index (χ4n) is 1.76. The average Bonchev–Trinajstić information content (AvgIpc) is 2.37. The van der Waals surface area contributed by atoms with Gasteiger partial charge in [-0.2, -0.15) is 13.2 Å². The molecule has 0 aliphatic rings. The molecule has 0 radical (unpaired) electrons. The van der Waals surface area contributed by atoms with Crippen LogP contribution in [-0.2, 0) is 6.18 Å². The zero-order valence-corrected chi connectivity index (χ0v) is 10.4. The van der Waals surface area contributed by atoms with Gasteiger partial charge in [-0.25, -0.2) is 4.79 Å². The van der Waals surface area contributed by atoms with Gasteiger partial charge in [-0.3, -0.25) is 4.98 Å². The van der Waals surface area contributed by atoms with Gasteiger partial charge < -0.3 is 5.11 Å². The topological polar surface area (TPSA) is 50.2 Å². The van der Waals surface area contributed by atoms with E-state index in [1.807, 2.05) is 0 Å². The molecule has 0 saturated heterocycles. The van der Waals surface area contributed by atoms with Crippen LogP contribution in [0.2, 0.25) is 0 Å². The fraction of sp³-hybridized carbons (Fsp3) is 0.143. The first-order valence-electron chi connectivity index (χ1n) is 5.67. The second-order valence-electron chi connectivity index (χ2n) is 4.26. The summed E-state index contributed by atoms with van der Waals surface area (Å²) in [5.41, 5.74) is 0.135. The predicted octanol–water partition coefficient (Wildman–Crippen LogP) is 3.77. The van der Waals surface area contributed by atoms with Crippen LogP contribution in [0.3, 0.4) is 0 Å². The third-order valence-electron chi connectivity index (χ3n) is 2.71. The van der Waals surface area contributed by atoms with E-state index in [4.69, 9.17) is 5.11 Å². The highest BCUT2D eigenvalue weighted by atomic mass is 19.4. The zero-order chi connectivity index (χ0) is 14.9. The van der Waals surface area contributed by atoms with Crippen molar-refractivity contribution < 1.29 is 23.1 Å². The van der Waals surface area contributed by atoms with E-state index in [1.165, 1.54) is 31.2 Å². The quantitative estimate of drug-likeness (QED) is 0.911. The van der Waals surface area contributed by atoms with Crippen LogP contribution in [0.4, 0.5) is 13.2 Å². The lowest BCUT2D eigenvalue weighted by atomic mass is 10.1. The van der Waals surface area contributed by atoms with Gasteiger partial charge in [0.15, 0.2) is 0 Å². The number of alkyl halides is 3. The molecule has 1 N–H and O–H groups in total. The summed E-state index contributed by atoms with van der Waals surface area (Å²) < 4.78 is 38.2. The van der Waals surface area contributed by atoms with Crippen LogP contribution in [-0.4, -0.2) is 16.1 Å². The van der Waals surface area contributed by atoms with Crippen LogP contribution in [0.1, 0.15) is 21.6 Å². The van der Waals surface area contributed by atoms with E-state index >= 15 is 0 Å². The standard InChI is InChI=1S/C14H10F3NO2/c1-8-6-11(14(15,16)17)7-12(18-8)9-2-4-10(5-3-9)13(19)20/h2-7H,1H3,(H,19,20). The van der Waals surface area contributed by atoms with E-state index in [-0.39, 0.29) is 17.0 Å². The van der Waals surface area contributed by atoms with E-state index < -0.39 is 17.7 Å². The summed E-state index contributed by atoms with van der Waals surface area (Å²) in [6.45, 7) is 1.48. The van der Waals surface area contributed by atoms with Crippen molar-refractivity contribution in [1.82, 2.24) is 4.98 Å². The van der Waals surface area contributed by atoms with Crippen LogP contribution in [0.25, 0.3) is 11.3 Å². The molecule has 1 aromatic carbocycles. The number of aromatic carboxylic acids is 1. The molecule has 0 bridgehead atoms. The number of hydrogen-bond donors (Lipinski definition) is 1. The lowest BCUT2D eigenvalue weighted by Gasteiger charge is -2.10. The monoisotopic (exact) mass is 281 g/mol. The largest absolute Gasteiger partial charge is 0.478 e. The summed E-state index contributed by atoms with van der Waals surface area (Å²) in [5, 5.41) is 8.78. The first kappa shape index (κ1) is 14.0. The molecule has 0 atom stereocenters. The average molecular weight is 281 g/mol. The Labute approximate surface area is 112 Å². The maximum Gasteiger partial charge on any atom is 0.416 e. The molecule has 0 aliphatic heterocycles. The van der Waals surface area contributed by atoms with Gasteiger partial charge in [-0.15, -0.1) is 0 Å². The summed E-state index contributed by atoms with van der Waals surface area (Å²) in [4.78, 5) is 14.8. The Hall–Kier alpha value is -2.37. The first-order valence-corrected chi connectivity index (χ1v) is 5.67. The SMILES string of the molecule is Cc1cc(C(F)(F)F)cc(-c2ccc(C(=O)O)cc2)n1. The fourth-order valence-corrected chi connectivity index (χ4v) is 1.76. The number of benzene rings is 1. The van der Waals surface area contributed by atoms with Crippen molar-refractivity contribution >= 4 is 5.97 Å². The number of rotatable bonds is 2. The summed E-state index contributed by atoms with van der Waals surface area (Å²) in [7, 11) is 0. The number of nitrogens with zero attached hydrogens (tertiary/aromatic N) is 1. The Morgan fingerprint density at radius 1 is 1.15 bits per heavy atom. The van der Waals surface area contributed by atoms with E-state index in [0.717, 1.165) is 12.1 Å². The van der Waals surface area contributed by atoms with Gasteiger partial charge in [0.05, 0.1) is 16.8 Å². The molecule has 0 aliphatic carbocycles. The lowest BCUT2D eigenvalue weighted by Crippen LogP contribution is -2.06. The maximum absolute atomic E-state index is 12.7. The molecule has 0 spiro atoms. The van der Waals surface area contributed by atoms with Crippen LogP contribution in [0, 0.1) is 6.92 Å². The summed E-state index contributed by atoms with van der Waals surface area (Å²) in [6.07, 6.45) is -4.44. The number of carboxylic acid groups (broad SMARTS) is 1. The third-order valence-corrected chi connectivity index (χ3v) is 2.71. The molecule has 0 saturated carbocycles. The minimum absolute atomic E-state index is 0.0671. The Kier molecular flexibility index (Phi) is 3.48. The number of hydrogen-bond acceptors (Lipinski definition) is 2. The molecule has 0 amide bonds. The number of aromatic nitrogens is 1. The molecule has 0 fully saturated rings. The maximum atomic E-state index is 12.7. The van der Waals surface area contributed by atoms with Crippen LogP contribution >= 0.6 is 0 Å². The van der Waals surface area contributed by atoms with Crippen molar-refractivity contribution in [3.8, 4) is 11.3 Å². The smallest absolute Gasteiger partial charge is 0.416 e. The molecule has 0 unspecified atom stereocenters. The third kappa shape index (κ3) is 2.96. The summed E-state index contributed by atoms with van der Waals surface area (Å²) in [5.74, 6) is -1.09. The van der Waals surface area contributed by atoms with Crippen molar-refractivity contribution in [3.05, 3.63) is 53.2 Å². The lowest BCUT2D eigenvalue weighted by molar-refractivity contribution is -0.137. The number of carboxylic acids is 1. The van der Waals surface area contributed by atoms with E-state index in [1.54, 1.807) is 0 Å². The van der Waals surface area contributed by atoms with E-state index in [9.17, 15) is 18.0 Å². The molecule has 2 rings (SSSR count). The number of pyridine rings is 1. The van der Waals surface area contributed by atoms with Gasteiger partial charge in [-0.05, 0) is 31.2 Å². The molecule has 1 aromatic heterocycles. The van der Waals surface area contributed by atoms with Crippen LogP contribution in [0.5, 0.6) is 0 Å². The highest BCUT2D eigenvalue weighted by molar-refractivity contribution is 5.88. The Morgan fingerprint density at radius 2 is 1.75 bits per heavy atom. The molecule has 6 heteroatoms. The van der Waals surface area contributed by atoms with Crippen molar-refractivity contribution in [2.24, 2.45) is 0 Å². The van der Waals surface area contributed by atoms with E-state index in [0.29, 0.717) is 5.56 Å². The van der Waals surface area contributed by atoms with Crippen molar-refractivity contribution in [2.75, 3.05) is 0 Å². The second kappa shape index (κ2) is 4.96. The minimum atomic E-state index is -4.44. The number of carbonyl (C=O) groups is 1. The first-order chi connectivity index (χ1) is 9.27. The van der Waals surface area contributed by atoms with Gasteiger partial charge in [0, 0.05) is 11.3 Å². The minimum Gasteiger partial charge on any atom is -0.478 e. The normalized spacial score (nSPS) is 11.4. The van der Waals surface area contributed by atoms with E-state index in [2.05, 4.69) is 4.98 Å². The second-order valence-corrected chi connectivity index (χ2v) is 4.26. The van der Waals surface area contributed by atoms with Crippen molar-refractivity contribution in [1.29, 1.82) is 0 Å². The zero-order valence-electron chi connectivity index (χ0n) is 10.4. The molecule has 2 aromatic rings. The van der Waals surface area contributed by atoms with Gasteiger partial charge in [0.25, 0.3) is 0 Å². The van der Waals surface area contributed by atoms with Crippen molar-refractivity contribution in [3.63, 3.8) is 0 Å². The van der Waals surface area contributed by atoms with Gasteiger partial charge in [0.1, 0.15) is 0 Å². The molecule has 1 heterocycles. The number of aryl methyl sites for hydroxylation is 1. The Morgan fingerprint density at radius 3 is 2.25 bits per heavy atom. The molecule has 3 nitrogen and oxygen atoms in total. The van der Waals surface area contributed by atoms with Crippen LogP contribution in [0.15, 0.2) is 36.4 Å². The summed E-state index contributed by atoms with van der Waals surface area (Å²) in [6, 6.07) is 7.44.